The second kappa shape index (κ2) is 4.57. The van der Waals surface area contributed by atoms with Gasteiger partial charge in [-0.3, -0.25) is 4.79 Å². The fraction of sp³-hybridized carbons (Fsp3) is 0.700. The molecule has 0 amide bonds. The second-order valence-corrected chi connectivity index (χ2v) is 3.62. The molecule has 14 heavy (non-hydrogen) atoms. The molecule has 2 N–H and O–H groups in total. The van der Waals surface area contributed by atoms with Crippen molar-refractivity contribution in [3.05, 3.63) is 12.7 Å². The monoisotopic (exact) mass is 200 g/mol. The van der Waals surface area contributed by atoms with Crippen LogP contribution in [0.25, 0.3) is 0 Å². The fourth-order valence-electron chi connectivity index (χ4n) is 1.61. The molecule has 0 aromatic rings. The second-order valence-electron chi connectivity index (χ2n) is 3.62. The summed E-state index contributed by atoms with van der Waals surface area (Å²) >= 11 is 0. The molecule has 0 radical (unpaired) electrons. The Kier molecular flexibility index (Phi) is 3.66. The number of hydrogen-bond donors (Lipinski definition) is 2. The van der Waals surface area contributed by atoms with Crippen molar-refractivity contribution < 1.29 is 19.7 Å². The highest BCUT2D eigenvalue weighted by Gasteiger charge is 2.30. The highest BCUT2D eigenvalue weighted by Crippen LogP contribution is 2.25. The Morgan fingerprint density at radius 3 is 2.43 bits per heavy atom. The molecule has 1 rings (SSSR count). The van der Waals surface area contributed by atoms with Crippen molar-refractivity contribution in [3.8, 4) is 0 Å². The Bertz CT molecular complexity index is 216. The molecule has 0 aliphatic heterocycles. The van der Waals surface area contributed by atoms with Crippen LogP contribution in [0, 0.1) is 5.92 Å². The van der Waals surface area contributed by atoms with E-state index in [4.69, 9.17) is 10.2 Å². The largest absolute Gasteiger partial charge is 0.404 e. The van der Waals surface area contributed by atoms with Crippen molar-refractivity contribution in [3.63, 3.8) is 0 Å². The minimum absolute atomic E-state index is 0.192. The summed E-state index contributed by atoms with van der Waals surface area (Å²) in [5.74, 6) is -3.26. The van der Waals surface area contributed by atoms with Gasteiger partial charge in [0.15, 0.2) is 0 Å². The van der Waals surface area contributed by atoms with Gasteiger partial charge in [-0.25, -0.2) is 0 Å². The Balaban J connectivity index is 2.44. The van der Waals surface area contributed by atoms with Crippen molar-refractivity contribution in [1.82, 2.24) is 0 Å². The van der Waals surface area contributed by atoms with Crippen molar-refractivity contribution in [2.45, 2.75) is 38.1 Å². The van der Waals surface area contributed by atoms with E-state index in [0.717, 1.165) is 38.2 Å². The number of carbonyl (C=O) groups excluding carboxylic acids is 1. The maximum Gasteiger partial charge on any atom is 0.345 e. The van der Waals surface area contributed by atoms with Crippen LogP contribution < -0.4 is 0 Å². The van der Waals surface area contributed by atoms with E-state index < -0.39 is 11.9 Å². The van der Waals surface area contributed by atoms with Crippen LogP contribution in [0.2, 0.25) is 0 Å². The maximum absolute atomic E-state index is 11.4. The molecule has 1 aliphatic carbocycles. The topological polar surface area (TPSA) is 66.8 Å². The number of hydrogen-bond acceptors (Lipinski definition) is 4. The van der Waals surface area contributed by atoms with Gasteiger partial charge in [-0.15, -0.1) is 0 Å². The van der Waals surface area contributed by atoms with Crippen LogP contribution in [-0.4, -0.2) is 22.2 Å². The van der Waals surface area contributed by atoms with Crippen LogP contribution in [0.3, 0.4) is 0 Å². The average molecular weight is 200 g/mol. The van der Waals surface area contributed by atoms with Crippen molar-refractivity contribution in [2.24, 2.45) is 5.92 Å². The number of ether oxygens (including phenoxy) is 1. The van der Waals surface area contributed by atoms with Crippen LogP contribution in [0.1, 0.15) is 32.1 Å². The summed E-state index contributed by atoms with van der Waals surface area (Å²) in [5, 5.41) is 18.0. The zero-order valence-electron chi connectivity index (χ0n) is 8.11. The number of rotatable bonds is 3. The third-order valence-electron chi connectivity index (χ3n) is 2.46. The maximum atomic E-state index is 11.4. The molecule has 0 spiro atoms. The van der Waals surface area contributed by atoms with Crippen LogP contribution in [-0.2, 0) is 9.53 Å². The van der Waals surface area contributed by atoms with Gasteiger partial charge >= 0.3 is 11.9 Å². The molecule has 0 saturated heterocycles. The van der Waals surface area contributed by atoms with Gasteiger partial charge in [-0.2, -0.15) is 0 Å². The molecule has 80 valence electrons. The van der Waals surface area contributed by atoms with E-state index in [1.165, 1.54) is 0 Å². The lowest BCUT2D eigenvalue weighted by Gasteiger charge is -2.24. The molecular weight excluding hydrogens is 184 g/mol. The lowest BCUT2D eigenvalue weighted by Crippen LogP contribution is -2.35. The normalized spacial score (nSPS) is 19.0. The molecule has 0 bridgehead atoms. The summed E-state index contributed by atoms with van der Waals surface area (Å²) < 4.78 is 4.48. The van der Waals surface area contributed by atoms with E-state index in [1.54, 1.807) is 0 Å². The lowest BCUT2D eigenvalue weighted by molar-refractivity contribution is -0.289. The summed E-state index contributed by atoms with van der Waals surface area (Å²) in [6.45, 7) is 3.15. The predicted molar refractivity (Wildman–Crippen MR) is 50.0 cm³/mol. The van der Waals surface area contributed by atoms with E-state index in [-0.39, 0.29) is 5.92 Å². The molecule has 0 aromatic carbocycles. The Morgan fingerprint density at radius 1 is 1.36 bits per heavy atom. The molecule has 0 unspecified atom stereocenters. The summed E-state index contributed by atoms with van der Waals surface area (Å²) in [7, 11) is 0. The van der Waals surface area contributed by atoms with Gasteiger partial charge in [0, 0.05) is 6.08 Å². The molecule has 4 nitrogen and oxygen atoms in total. The molecule has 0 heterocycles. The summed E-state index contributed by atoms with van der Waals surface area (Å²) in [6, 6.07) is 0. The van der Waals surface area contributed by atoms with Crippen LogP contribution in [0.5, 0.6) is 0 Å². The molecule has 0 atom stereocenters. The summed E-state index contributed by atoms with van der Waals surface area (Å²) in [4.78, 5) is 11.4. The number of aliphatic hydroxyl groups is 2. The zero-order valence-corrected chi connectivity index (χ0v) is 8.11. The van der Waals surface area contributed by atoms with Gasteiger partial charge in [0.2, 0.25) is 0 Å². The van der Waals surface area contributed by atoms with Gasteiger partial charge in [0.25, 0.3) is 0 Å². The number of esters is 1. The van der Waals surface area contributed by atoms with Gasteiger partial charge in [-0.1, -0.05) is 25.8 Å². The van der Waals surface area contributed by atoms with Crippen molar-refractivity contribution in [2.75, 3.05) is 0 Å². The van der Waals surface area contributed by atoms with Crippen molar-refractivity contribution in [1.29, 1.82) is 0 Å². The highest BCUT2D eigenvalue weighted by atomic mass is 16.8. The smallest absolute Gasteiger partial charge is 0.345 e. The minimum Gasteiger partial charge on any atom is -0.404 e. The Morgan fingerprint density at radius 2 is 1.93 bits per heavy atom. The quantitative estimate of drug-likeness (QED) is 0.404. The average Bonchev–Trinajstić information content (AvgIpc) is 2.19. The minimum atomic E-state index is -2.52. The third kappa shape index (κ3) is 3.12. The molecule has 4 heteroatoms. The van der Waals surface area contributed by atoms with Crippen LogP contribution >= 0.6 is 0 Å². The highest BCUT2D eigenvalue weighted by molar-refractivity contribution is 5.72. The first-order chi connectivity index (χ1) is 6.55. The van der Waals surface area contributed by atoms with E-state index in [0.29, 0.717) is 0 Å². The fourth-order valence-corrected chi connectivity index (χ4v) is 1.61. The zero-order chi connectivity index (χ0) is 10.6. The third-order valence-corrected chi connectivity index (χ3v) is 2.46. The molecule has 1 aliphatic rings. The van der Waals surface area contributed by atoms with E-state index in [9.17, 15) is 4.79 Å². The summed E-state index contributed by atoms with van der Waals surface area (Å²) in [6.07, 6.45) is 5.45. The lowest BCUT2D eigenvalue weighted by atomic mass is 9.89. The first kappa shape index (κ1) is 11.2. The van der Waals surface area contributed by atoms with Gasteiger partial charge < -0.3 is 14.9 Å². The first-order valence-corrected chi connectivity index (χ1v) is 4.86. The molecular formula is C10H16O4. The van der Waals surface area contributed by atoms with Gasteiger partial charge in [-0.05, 0) is 12.8 Å². The standard InChI is InChI=1S/C10H16O4/c1-2-10(12,13)14-9(11)8-6-4-3-5-7-8/h2,8,12-13H,1,3-7H2. The van der Waals surface area contributed by atoms with E-state index in [2.05, 4.69) is 11.3 Å². The van der Waals surface area contributed by atoms with Gasteiger partial charge in [0.05, 0.1) is 5.92 Å². The Labute approximate surface area is 83.2 Å². The van der Waals surface area contributed by atoms with Crippen molar-refractivity contribution >= 4 is 5.97 Å². The molecule has 0 aromatic heterocycles. The van der Waals surface area contributed by atoms with Crippen LogP contribution in [0.15, 0.2) is 12.7 Å². The predicted octanol–water partition coefficient (Wildman–Crippen LogP) is 0.934. The van der Waals surface area contributed by atoms with E-state index >= 15 is 0 Å². The SMILES string of the molecule is C=CC(O)(O)OC(=O)C1CCCCC1. The first-order valence-electron chi connectivity index (χ1n) is 4.86. The Hall–Kier alpha value is -0.870. The number of carbonyl (C=O) groups is 1. The van der Waals surface area contributed by atoms with Gasteiger partial charge in [0.1, 0.15) is 0 Å². The summed E-state index contributed by atoms with van der Waals surface area (Å²) in [5.41, 5.74) is 0. The van der Waals surface area contributed by atoms with E-state index in [1.807, 2.05) is 0 Å². The molecule has 1 fully saturated rings. The molecule has 1 saturated carbocycles. The van der Waals surface area contributed by atoms with Crippen LogP contribution in [0.4, 0.5) is 0 Å².